The number of carbonyl (C=O) groups excluding carboxylic acids is 2. The molecule has 2 aromatic rings. The monoisotopic (exact) mass is 296 g/mol. The number of rotatable bonds is 5. The van der Waals surface area contributed by atoms with Crippen LogP contribution in [0.5, 0.6) is 0 Å². The molecule has 1 atom stereocenters. The lowest BCUT2D eigenvalue weighted by atomic mass is 10.1. The van der Waals surface area contributed by atoms with Crippen molar-refractivity contribution in [2.24, 2.45) is 0 Å². The van der Waals surface area contributed by atoms with Gasteiger partial charge in [0.25, 0.3) is 11.8 Å². The summed E-state index contributed by atoms with van der Waals surface area (Å²) >= 11 is 0. The second kappa shape index (κ2) is 5.99. The molecule has 5 heteroatoms. The van der Waals surface area contributed by atoms with Crippen molar-refractivity contribution in [2.75, 3.05) is 18.4 Å². The van der Waals surface area contributed by atoms with Crippen LogP contribution in [0.4, 0.5) is 5.69 Å². The van der Waals surface area contributed by atoms with Gasteiger partial charge in [-0.15, -0.1) is 0 Å². The Bertz CT molecular complexity index is 665. The molecule has 2 N–H and O–H groups in total. The van der Waals surface area contributed by atoms with Crippen LogP contribution in [0.15, 0.2) is 54.6 Å². The first-order valence-electron chi connectivity index (χ1n) is 7.09. The van der Waals surface area contributed by atoms with E-state index in [1.165, 1.54) is 0 Å². The van der Waals surface area contributed by atoms with Gasteiger partial charge in [-0.3, -0.25) is 14.5 Å². The summed E-state index contributed by atoms with van der Waals surface area (Å²) in [6.45, 7) is 0.240. The number of carbonyl (C=O) groups is 2. The van der Waals surface area contributed by atoms with E-state index in [0.717, 1.165) is 10.6 Å². The van der Waals surface area contributed by atoms with Crippen molar-refractivity contribution < 1.29 is 14.7 Å². The molecule has 112 valence electrons. The summed E-state index contributed by atoms with van der Waals surface area (Å²) in [4.78, 5) is 25.5. The average molecular weight is 296 g/mol. The molecule has 5 nitrogen and oxygen atoms in total. The van der Waals surface area contributed by atoms with E-state index in [0.29, 0.717) is 11.1 Å². The van der Waals surface area contributed by atoms with Crippen LogP contribution < -0.4 is 5.32 Å². The molecule has 1 aliphatic rings. The van der Waals surface area contributed by atoms with Crippen LogP contribution in [0.2, 0.25) is 0 Å². The lowest BCUT2D eigenvalue weighted by molar-refractivity contribution is 0.0558. The van der Waals surface area contributed by atoms with Crippen molar-refractivity contribution in [3.8, 4) is 0 Å². The molecule has 0 aliphatic carbocycles. The third kappa shape index (κ3) is 2.71. The van der Waals surface area contributed by atoms with Gasteiger partial charge in [-0.1, -0.05) is 30.3 Å². The standard InChI is InChI=1S/C17H16N2O3/c20-13(10-18-12-6-2-1-3-7-12)11-19-16(21)14-8-4-5-9-15(14)17(19)22/h1-9,13,18,20H,10-11H2. The van der Waals surface area contributed by atoms with Crippen molar-refractivity contribution in [2.45, 2.75) is 6.10 Å². The SMILES string of the molecule is O=C1c2ccccc2C(=O)N1CC(O)CNc1ccccc1. The fraction of sp³-hybridized carbons (Fsp3) is 0.176. The van der Waals surface area contributed by atoms with Crippen LogP contribution in [0, 0.1) is 0 Å². The van der Waals surface area contributed by atoms with E-state index in [1.54, 1.807) is 24.3 Å². The maximum Gasteiger partial charge on any atom is 0.261 e. The van der Waals surface area contributed by atoms with Crippen molar-refractivity contribution in [3.63, 3.8) is 0 Å². The van der Waals surface area contributed by atoms with Gasteiger partial charge in [0.2, 0.25) is 0 Å². The lowest BCUT2D eigenvalue weighted by Crippen LogP contribution is -2.39. The summed E-state index contributed by atoms with van der Waals surface area (Å²) in [7, 11) is 0. The Labute approximate surface area is 128 Å². The van der Waals surface area contributed by atoms with Gasteiger partial charge >= 0.3 is 0 Å². The molecule has 1 heterocycles. The molecule has 2 amide bonds. The number of aliphatic hydroxyl groups is 1. The molecule has 0 spiro atoms. The summed E-state index contributed by atoms with van der Waals surface area (Å²) in [6, 6.07) is 16.2. The van der Waals surface area contributed by atoms with Crippen molar-refractivity contribution in [1.82, 2.24) is 4.90 Å². The smallest absolute Gasteiger partial charge is 0.261 e. The first-order valence-corrected chi connectivity index (χ1v) is 7.09. The van der Waals surface area contributed by atoms with E-state index in [2.05, 4.69) is 5.32 Å². The van der Waals surface area contributed by atoms with Gasteiger partial charge in [-0.2, -0.15) is 0 Å². The van der Waals surface area contributed by atoms with Gasteiger partial charge in [0.05, 0.1) is 23.8 Å². The first kappa shape index (κ1) is 14.3. The predicted octanol–water partition coefficient (Wildman–Crippen LogP) is 1.76. The highest BCUT2D eigenvalue weighted by atomic mass is 16.3. The number of amides is 2. The van der Waals surface area contributed by atoms with Gasteiger partial charge < -0.3 is 10.4 Å². The third-order valence-electron chi connectivity index (χ3n) is 3.59. The highest BCUT2D eigenvalue weighted by molar-refractivity contribution is 6.21. The molecular formula is C17H16N2O3. The quantitative estimate of drug-likeness (QED) is 0.825. The van der Waals surface area contributed by atoms with E-state index in [4.69, 9.17) is 0 Å². The van der Waals surface area contributed by atoms with Crippen molar-refractivity contribution in [3.05, 3.63) is 65.7 Å². The number of β-amino-alcohol motifs (C(OH)–C–C–N with tert-alkyl or cyclic N) is 1. The maximum absolute atomic E-state index is 12.2. The van der Waals surface area contributed by atoms with E-state index < -0.39 is 6.10 Å². The van der Waals surface area contributed by atoms with Crippen LogP contribution in [-0.4, -0.2) is 41.0 Å². The molecule has 0 saturated carbocycles. The summed E-state index contributed by atoms with van der Waals surface area (Å²) in [5, 5.41) is 13.1. The fourth-order valence-electron chi connectivity index (χ4n) is 2.47. The minimum absolute atomic E-state index is 0.0216. The summed E-state index contributed by atoms with van der Waals surface area (Å²) < 4.78 is 0. The molecular weight excluding hydrogens is 280 g/mol. The van der Waals surface area contributed by atoms with Crippen LogP contribution in [0.1, 0.15) is 20.7 Å². The number of fused-ring (bicyclic) bond motifs is 1. The zero-order valence-electron chi connectivity index (χ0n) is 11.9. The van der Waals surface area contributed by atoms with Crippen molar-refractivity contribution >= 4 is 17.5 Å². The van der Waals surface area contributed by atoms with E-state index >= 15 is 0 Å². The Balaban J connectivity index is 1.62. The Morgan fingerprint density at radius 1 is 0.909 bits per heavy atom. The Morgan fingerprint density at radius 2 is 1.45 bits per heavy atom. The fourth-order valence-corrected chi connectivity index (χ4v) is 2.47. The number of para-hydroxylation sites is 1. The minimum Gasteiger partial charge on any atom is -0.389 e. The highest BCUT2D eigenvalue weighted by Crippen LogP contribution is 2.22. The first-order chi connectivity index (χ1) is 10.7. The van der Waals surface area contributed by atoms with E-state index in [1.807, 2.05) is 30.3 Å². The molecule has 0 fully saturated rings. The molecule has 22 heavy (non-hydrogen) atoms. The molecule has 1 unspecified atom stereocenters. The van der Waals surface area contributed by atoms with Crippen LogP contribution in [0.3, 0.4) is 0 Å². The summed E-state index contributed by atoms with van der Waals surface area (Å²) in [5.74, 6) is -0.696. The van der Waals surface area contributed by atoms with Gasteiger partial charge in [-0.05, 0) is 24.3 Å². The average Bonchev–Trinajstić information content (AvgIpc) is 2.79. The molecule has 2 aromatic carbocycles. The Kier molecular flexibility index (Phi) is 3.89. The number of imide groups is 1. The predicted molar refractivity (Wildman–Crippen MR) is 82.7 cm³/mol. The molecule has 0 saturated heterocycles. The number of aliphatic hydroxyl groups excluding tert-OH is 1. The maximum atomic E-state index is 12.2. The molecule has 1 aliphatic heterocycles. The van der Waals surface area contributed by atoms with Gasteiger partial charge in [-0.25, -0.2) is 0 Å². The normalized spacial score (nSPS) is 14.9. The van der Waals surface area contributed by atoms with Crippen LogP contribution >= 0.6 is 0 Å². The second-order valence-electron chi connectivity index (χ2n) is 5.17. The second-order valence-corrected chi connectivity index (χ2v) is 5.17. The zero-order chi connectivity index (χ0) is 15.5. The summed E-state index contributed by atoms with van der Waals surface area (Å²) in [6.07, 6.45) is -0.831. The largest absolute Gasteiger partial charge is 0.389 e. The topological polar surface area (TPSA) is 69.6 Å². The molecule has 0 radical (unpaired) electrons. The zero-order valence-corrected chi connectivity index (χ0v) is 11.9. The number of benzene rings is 2. The molecule has 0 aromatic heterocycles. The Morgan fingerprint density at radius 3 is 2.05 bits per heavy atom. The number of hydrogen-bond acceptors (Lipinski definition) is 4. The summed E-state index contributed by atoms with van der Waals surface area (Å²) in [5.41, 5.74) is 1.68. The van der Waals surface area contributed by atoms with Gasteiger partial charge in [0.1, 0.15) is 0 Å². The third-order valence-corrected chi connectivity index (χ3v) is 3.59. The van der Waals surface area contributed by atoms with Gasteiger partial charge in [0.15, 0.2) is 0 Å². The molecule has 0 bridgehead atoms. The number of nitrogens with one attached hydrogen (secondary N) is 1. The van der Waals surface area contributed by atoms with Crippen molar-refractivity contribution in [1.29, 1.82) is 0 Å². The lowest BCUT2D eigenvalue weighted by Gasteiger charge is -2.19. The number of hydrogen-bond donors (Lipinski definition) is 2. The van der Waals surface area contributed by atoms with Crippen LogP contribution in [0.25, 0.3) is 0 Å². The minimum atomic E-state index is -0.831. The van der Waals surface area contributed by atoms with Gasteiger partial charge in [0, 0.05) is 12.2 Å². The number of anilines is 1. The Hall–Kier alpha value is -2.66. The van der Waals surface area contributed by atoms with E-state index in [-0.39, 0.29) is 24.9 Å². The molecule has 3 rings (SSSR count). The van der Waals surface area contributed by atoms with E-state index in [9.17, 15) is 14.7 Å². The van der Waals surface area contributed by atoms with Crippen LogP contribution in [-0.2, 0) is 0 Å². The highest BCUT2D eigenvalue weighted by Gasteiger charge is 2.35. The number of nitrogens with zero attached hydrogens (tertiary/aromatic N) is 1.